The Morgan fingerprint density at radius 1 is 1.12 bits per heavy atom. The Bertz CT molecular complexity index is 423. The van der Waals surface area contributed by atoms with Crippen molar-refractivity contribution >= 4 is 5.78 Å². The molecule has 0 amide bonds. The van der Waals surface area contributed by atoms with E-state index in [0.29, 0.717) is 11.2 Å². The van der Waals surface area contributed by atoms with Crippen LogP contribution >= 0.6 is 0 Å². The lowest BCUT2D eigenvalue weighted by Gasteiger charge is -2.54. The Morgan fingerprint density at radius 2 is 1.81 bits per heavy atom. The molecule has 0 heterocycles. The fraction of sp³-hybridized carbons (Fsp3) is 0.933. The van der Waals surface area contributed by atoms with Crippen LogP contribution in [0.2, 0.25) is 0 Å². The van der Waals surface area contributed by atoms with E-state index >= 15 is 0 Å². The molecule has 0 aromatic carbocycles. The zero-order valence-corrected chi connectivity index (χ0v) is 10.9. The second-order valence-corrected chi connectivity index (χ2v) is 7.96. The molecule has 5 atom stereocenters. The van der Waals surface area contributed by atoms with Gasteiger partial charge in [-0.2, -0.15) is 0 Å². The second kappa shape index (κ2) is 2.04. The predicted molar refractivity (Wildman–Crippen MR) is 62.9 cm³/mol. The van der Waals surface area contributed by atoms with E-state index in [-0.39, 0.29) is 16.2 Å². The van der Waals surface area contributed by atoms with Crippen molar-refractivity contribution in [3.8, 4) is 0 Å². The van der Waals surface area contributed by atoms with E-state index in [4.69, 9.17) is 0 Å². The SMILES string of the molecule is CC1(C)CCC[C@]2(C)[C@H]3[C@@H]4C[C@@]12C(=O)[C@@]43C. The van der Waals surface area contributed by atoms with Crippen LogP contribution in [0.15, 0.2) is 0 Å². The lowest BCUT2D eigenvalue weighted by Crippen LogP contribution is -2.52. The van der Waals surface area contributed by atoms with Crippen LogP contribution in [0.4, 0.5) is 0 Å². The van der Waals surface area contributed by atoms with Crippen molar-refractivity contribution < 1.29 is 4.79 Å². The maximum Gasteiger partial charge on any atom is 0.146 e. The topological polar surface area (TPSA) is 17.1 Å². The highest BCUT2D eigenvalue weighted by Gasteiger charge is 2.93. The van der Waals surface area contributed by atoms with Gasteiger partial charge in [-0.25, -0.2) is 0 Å². The van der Waals surface area contributed by atoms with E-state index in [2.05, 4.69) is 27.7 Å². The van der Waals surface area contributed by atoms with E-state index in [0.717, 1.165) is 11.8 Å². The van der Waals surface area contributed by atoms with Gasteiger partial charge in [-0.1, -0.05) is 34.1 Å². The fourth-order valence-corrected chi connectivity index (χ4v) is 6.82. The largest absolute Gasteiger partial charge is 0.298 e. The lowest BCUT2D eigenvalue weighted by molar-refractivity contribution is -0.145. The van der Waals surface area contributed by atoms with Crippen LogP contribution in [0.25, 0.3) is 0 Å². The van der Waals surface area contributed by atoms with Gasteiger partial charge in [-0.15, -0.1) is 0 Å². The normalized spacial score (nSPS) is 64.6. The summed E-state index contributed by atoms with van der Waals surface area (Å²) in [7, 11) is 0. The van der Waals surface area contributed by atoms with Crippen molar-refractivity contribution in [2.75, 3.05) is 0 Å². The molecule has 4 bridgehead atoms. The highest BCUT2D eigenvalue weighted by molar-refractivity contribution is 6.01. The maximum absolute atomic E-state index is 12.9. The van der Waals surface area contributed by atoms with E-state index < -0.39 is 0 Å². The molecule has 5 saturated carbocycles. The van der Waals surface area contributed by atoms with Crippen molar-refractivity contribution in [3.05, 3.63) is 0 Å². The molecule has 0 aromatic rings. The smallest absolute Gasteiger partial charge is 0.146 e. The third kappa shape index (κ3) is 0.559. The first kappa shape index (κ1) is 9.67. The zero-order chi connectivity index (χ0) is 11.6. The van der Waals surface area contributed by atoms with Crippen molar-refractivity contribution in [1.82, 2.24) is 0 Å². The van der Waals surface area contributed by atoms with Gasteiger partial charge in [0, 0.05) is 10.8 Å². The average molecular weight is 218 g/mol. The molecule has 0 saturated heterocycles. The molecule has 16 heavy (non-hydrogen) atoms. The molecule has 0 radical (unpaired) electrons. The van der Waals surface area contributed by atoms with Crippen LogP contribution in [0.5, 0.6) is 0 Å². The summed E-state index contributed by atoms with van der Waals surface area (Å²) in [5.74, 6) is 2.15. The molecule has 5 rings (SSSR count). The quantitative estimate of drug-likeness (QED) is 0.609. The molecule has 1 nitrogen and oxygen atoms in total. The molecule has 5 fully saturated rings. The van der Waals surface area contributed by atoms with Crippen molar-refractivity contribution in [2.45, 2.75) is 53.4 Å². The second-order valence-electron chi connectivity index (χ2n) is 7.96. The number of Topliss-reactive ketones (excluding diaryl/α,β-unsaturated/α-hetero) is 1. The molecule has 0 N–H and O–H groups in total. The van der Waals surface area contributed by atoms with E-state index in [1.54, 1.807) is 0 Å². The van der Waals surface area contributed by atoms with Gasteiger partial charge in [-0.3, -0.25) is 4.79 Å². The van der Waals surface area contributed by atoms with Gasteiger partial charge in [0.25, 0.3) is 0 Å². The highest BCUT2D eigenvalue weighted by atomic mass is 16.1. The number of rotatable bonds is 0. The Morgan fingerprint density at radius 3 is 2.31 bits per heavy atom. The van der Waals surface area contributed by atoms with Gasteiger partial charge in [0.05, 0.1) is 0 Å². The van der Waals surface area contributed by atoms with Crippen LogP contribution in [0.3, 0.4) is 0 Å². The van der Waals surface area contributed by atoms with Crippen LogP contribution in [0, 0.1) is 33.5 Å². The van der Waals surface area contributed by atoms with Crippen LogP contribution in [-0.2, 0) is 4.79 Å². The van der Waals surface area contributed by atoms with Crippen molar-refractivity contribution in [2.24, 2.45) is 33.5 Å². The minimum Gasteiger partial charge on any atom is -0.298 e. The number of hydrogen-bond donors (Lipinski definition) is 0. The molecular formula is C15H22O. The molecule has 1 heteroatoms. The van der Waals surface area contributed by atoms with Crippen LogP contribution in [-0.4, -0.2) is 5.78 Å². The summed E-state index contributed by atoms with van der Waals surface area (Å²) in [6, 6.07) is 0. The standard InChI is InChI=1S/C15H22O/c1-12(2)6-5-7-13(3)10-9-8-15(12,13)11(16)14(9,10)4/h9-10H,5-8H2,1-4H3/t9-,10+,13+,14-,15+/m0/s1. The Labute approximate surface area is 98.0 Å². The summed E-state index contributed by atoms with van der Waals surface area (Å²) in [5.41, 5.74) is 0.766. The molecular weight excluding hydrogens is 196 g/mol. The summed E-state index contributed by atoms with van der Waals surface area (Å²) in [6.45, 7) is 9.42. The first-order valence-corrected chi connectivity index (χ1v) is 6.87. The third-order valence-corrected chi connectivity index (χ3v) is 7.43. The maximum atomic E-state index is 12.9. The zero-order valence-electron chi connectivity index (χ0n) is 10.9. The number of carbonyl (C=O) groups is 1. The van der Waals surface area contributed by atoms with Crippen LogP contribution in [0.1, 0.15) is 53.4 Å². The van der Waals surface area contributed by atoms with Gasteiger partial charge in [0.2, 0.25) is 0 Å². The average Bonchev–Trinajstić information content (AvgIpc) is 2.45. The molecule has 1 spiro atoms. The lowest BCUT2D eigenvalue weighted by atomic mass is 9.48. The number of hydrogen-bond acceptors (Lipinski definition) is 1. The first-order chi connectivity index (χ1) is 7.32. The Balaban J connectivity index is 2.00. The molecule has 5 aliphatic rings. The van der Waals surface area contributed by atoms with E-state index in [9.17, 15) is 4.79 Å². The van der Waals surface area contributed by atoms with Gasteiger partial charge in [-0.05, 0) is 41.9 Å². The highest BCUT2D eigenvalue weighted by Crippen LogP contribution is 2.92. The summed E-state index contributed by atoms with van der Waals surface area (Å²) in [6.07, 6.45) is 5.11. The van der Waals surface area contributed by atoms with E-state index in [1.807, 2.05) is 0 Å². The third-order valence-electron chi connectivity index (χ3n) is 7.43. The minimum absolute atomic E-state index is 0.0579. The summed E-state index contributed by atoms with van der Waals surface area (Å²) in [4.78, 5) is 12.9. The van der Waals surface area contributed by atoms with Gasteiger partial charge >= 0.3 is 0 Å². The predicted octanol–water partition coefficient (Wildman–Crippen LogP) is 3.43. The first-order valence-electron chi connectivity index (χ1n) is 6.87. The number of carbonyl (C=O) groups excluding carboxylic acids is 1. The van der Waals surface area contributed by atoms with Gasteiger partial charge < -0.3 is 0 Å². The van der Waals surface area contributed by atoms with Gasteiger partial charge in [0.15, 0.2) is 0 Å². The summed E-state index contributed by atoms with van der Waals surface area (Å²) < 4.78 is 0. The van der Waals surface area contributed by atoms with Crippen LogP contribution < -0.4 is 0 Å². The minimum atomic E-state index is 0.0579. The molecule has 0 unspecified atom stereocenters. The molecule has 0 aliphatic heterocycles. The summed E-state index contributed by atoms with van der Waals surface area (Å²) >= 11 is 0. The number of ketones is 1. The molecule has 5 aliphatic carbocycles. The fourth-order valence-electron chi connectivity index (χ4n) is 6.82. The molecule has 0 aromatic heterocycles. The van der Waals surface area contributed by atoms with Crippen molar-refractivity contribution in [3.63, 3.8) is 0 Å². The summed E-state index contributed by atoms with van der Waals surface area (Å²) in [5, 5.41) is 0. The van der Waals surface area contributed by atoms with Gasteiger partial charge in [0.1, 0.15) is 5.78 Å². The monoisotopic (exact) mass is 218 g/mol. The van der Waals surface area contributed by atoms with Crippen molar-refractivity contribution in [1.29, 1.82) is 0 Å². The Hall–Kier alpha value is -0.330. The Kier molecular flexibility index (Phi) is 1.23. The van der Waals surface area contributed by atoms with E-state index in [1.165, 1.54) is 25.7 Å². The molecule has 88 valence electrons.